The Balaban J connectivity index is 2.80. The Morgan fingerprint density at radius 3 is 2.59 bits per heavy atom. The van der Waals surface area contributed by atoms with Gasteiger partial charge in [-0.25, -0.2) is 4.99 Å². The Morgan fingerprint density at radius 1 is 1.41 bits per heavy atom. The lowest BCUT2D eigenvalue weighted by atomic mass is 10.2. The third-order valence-electron chi connectivity index (χ3n) is 1.87. The minimum Gasteiger partial charge on any atom is -0.370 e. The van der Waals surface area contributed by atoms with Gasteiger partial charge in [0.15, 0.2) is 12.0 Å². The molecule has 0 aliphatic carbocycles. The number of nitrogens with one attached hydrogen (secondary N) is 1. The molecule has 1 unspecified atom stereocenters. The molecule has 5 nitrogen and oxygen atoms in total. The first-order valence-corrected chi connectivity index (χ1v) is 4.94. The topological polar surface area (TPSA) is 93.5 Å². The number of para-hydroxylation sites is 1. The van der Waals surface area contributed by atoms with Crippen molar-refractivity contribution in [1.29, 1.82) is 0 Å². The third-order valence-corrected chi connectivity index (χ3v) is 1.87. The van der Waals surface area contributed by atoms with E-state index >= 15 is 0 Å². The molecular formula is C12H14N4O. The molecule has 0 heterocycles. The van der Waals surface area contributed by atoms with Crippen molar-refractivity contribution in [2.45, 2.75) is 6.04 Å². The predicted octanol–water partition coefficient (Wildman–Crippen LogP) is 0.608. The summed E-state index contributed by atoms with van der Waals surface area (Å²) in [5.41, 5.74) is 13.6. The molecule has 0 spiro atoms. The number of aliphatic imine (C=N–C) groups is 1. The Kier molecular flexibility index (Phi) is 4.54. The second-order valence-electron chi connectivity index (χ2n) is 3.22. The van der Waals surface area contributed by atoms with Crippen LogP contribution < -0.4 is 16.8 Å². The van der Waals surface area contributed by atoms with E-state index in [4.69, 9.17) is 11.5 Å². The van der Waals surface area contributed by atoms with E-state index in [0.717, 1.165) is 0 Å². The highest BCUT2D eigenvalue weighted by Crippen LogP contribution is 2.06. The van der Waals surface area contributed by atoms with E-state index in [0.29, 0.717) is 5.69 Å². The van der Waals surface area contributed by atoms with Gasteiger partial charge >= 0.3 is 0 Å². The highest BCUT2D eigenvalue weighted by molar-refractivity contribution is 5.97. The Morgan fingerprint density at radius 2 is 2.06 bits per heavy atom. The van der Waals surface area contributed by atoms with E-state index in [2.05, 4.69) is 22.6 Å². The van der Waals surface area contributed by atoms with Crippen molar-refractivity contribution in [3.05, 3.63) is 48.7 Å². The lowest BCUT2D eigenvalue weighted by molar-refractivity contribution is -0.116. The molecule has 0 aliphatic heterocycles. The first-order chi connectivity index (χ1) is 8.13. The summed E-state index contributed by atoms with van der Waals surface area (Å²) < 4.78 is 0. The molecule has 1 aromatic rings. The van der Waals surface area contributed by atoms with Gasteiger partial charge in [0.2, 0.25) is 0 Å². The molecule has 0 bridgehead atoms. The fourth-order valence-electron chi connectivity index (χ4n) is 1.18. The van der Waals surface area contributed by atoms with Crippen LogP contribution in [0.25, 0.3) is 0 Å². The minimum absolute atomic E-state index is 0.162. The summed E-state index contributed by atoms with van der Waals surface area (Å²) in [5, 5.41) is 2.68. The molecule has 0 aliphatic rings. The minimum atomic E-state index is -0.822. The van der Waals surface area contributed by atoms with Crippen LogP contribution in [0, 0.1) is 0 Å². The first kappa shape index (κ1) is 12.5. The number of carbonyl (C=O) groups excluding carboxylic acids is 1. The summed E-state index contributed by atoms with van der Waals surface area (Å²) in [6.45, 7) is 3.39. The Hall–Kier alpha value is -2.52. The van der Waals surface area contributed by atoms with Gasteiger partial charge in [-0.15, -0.1) is 5.73 Å². The number of nitrogens with zero attached hydrogens (tertiary/aromatic N) is 1. The molecule has 5 N–H and O–H groups in total. The van der Waals surface area contributed by atoms with Gasteiger partial charge < -0.3 is 16.8 Å². The molecule has 5 heteroatoms. The molecule has 0 saturated carbocycles. The molecule has 1 aromatic carbocycles. The molecule has 88 valence electrons. The number of hydrogen-bond acceptors (Lipinski definition) is 2. The lowest BCUT2D eigenvalue weighted by Gasteiger charge is -2.08. The number of amides is 1. The number of anilines is 1. The quantitative estimate of drug-likeness (QED) is 0.402. The maximum Gasteiger partial charge on any atom is 0.253 e. The molecular weight excluding hydrogens is 216 g/mol. The number of carbonyl (C=O) groups is 1. The molecule has 1 amide bonds. The average Bonchev–Trinajstić information content (AvgIpc) is 2.29. The van der Waals surface area contributed by atoms with Crippen LogP contribution in [0.4, 0.5) is 5.69 Å². The zero-order chi connectivity index (χ0) is 12.7. The van der Waals surface area contributed by atoms with Crippen molar-refractivity contribution in [2.75, 3.05) is 5.32 Å². The SMILES string of the molecule is C=C=CC(N=C(N)N)C(=O)Nc1ccccc1. The van der Waals surface area contributed by atoms with Crippen LogP contribution in [-0.4, -0.2) is 17.9 Å². The molecule has 1 rings (SSSR count). The van der Waals surface area contributed by atoms with Gasteiger partial charge in [0.05, 0.1) is 0 Å². The van der Waals surface area contributed by atoms with Crippen molar-refractivity contribution in [3.63, 3.8) is 0 Å². The van der Waals surface area contributed by atoms with Gasteiger partial charge in [0.25, 0.3) is 5.91 Å². The summed E-state index contributed by atoms with van der Waals surface area (Å²) in [5.74, 6) is -0.509. The maximum atomic E-state index is 11.8. The monoisotopic (exact) mass is 230 g/mol. The van der Waals surface area contributed by atoms with Crippen molar-refractivity contribution in [2.24, 2.45) is 16.5 Å². The van der Waals surface area contributed by atoms with Crippen LogP contribution in [0.15, 0.2) is 53.7 Å². The van der Waals surface area contributed by atoms with E-state index in [1.54, 1.807) is 12.1 Å². The summed E-state index contributed by atoms with van der Waals surface area (Å²) >= 11 is 0. The second kappa shape index (κ2) is 6.15. The van der Waals surface area contributed by atoms with Gasteiger partial charge in [-0.3, -0.25) is 4.79 Å². The second-order valence-corrected chi connectivity index (χ2v) is 3.22. The number of guanidine groups is 1. The third kappa shape index (κ3) is 4.24. The van der Waals surface area contributed by atoms with E-state index in [1.165, 1.54) is 6.08 Å². The summed E-state index contributed by atoms with van der Waals surface area (Å²) in [6, 6.07) is 8.19. The van der Waals surface area contributed by atoms with Gasteiger partial charge in [-0.2, -0.15) is 0 Å². The molecule has 0 aromatic heterocycles. The zero-order valence-corrected chi connectivity index (χ0v) is 9.26. The summed E-state index contributed by atoms with van der Waals surface area (Å²) in [6.07, 6.45) is 1.39. The van der Waals surface area contributed by atoms with Gasteiger partial charge in [0, 0.05) is 5.69 Å². The number of hydrogen-bond donors (Lipinski definition) is 3. The summed E-state index contributed by atoms with van der Waals surface area (Å²) in [4.78, 5) is 15.6. The number of rotatable bonds is 4. The van der Waals surface area contributed by atoms with Crippen LogP contribution in [0.3, 0.4) is 0 Å². The highest BCUT2D eigenvalue weighted by Gasteiger charge is 2.14. The van der Waals surface area contributed by atoms with E-state index < -0.39 is 6.04 Å². The van der Waals surface area contributed by atoms with Gasteiger partial charge in [-0.1, -0.05) is 24.8 Å². The van der Waals surface area contributed by atoms with Crippen molar-refractivity contribution in [1.82, 2.24) is 0 Å². The van der Waals surface area contributed by atoms with Crippen molar-refractivity contribution in [3.8, 4) is 0 Å². The average molecular weight is 230 g/mol. The van der Waals surface area contributed by atoms with Crippen molar-refractivity contribution >= 4 is 17.6 Å². The molecule has 1 atom stereocenters. The largest absolute Gasteiger partial charge is 0.370 e. The fraction of sp³-hybridized carbons (Fsp3) is 0.0833. The fourth-order valence-corrected chi connectivity index (χ4v) is 1.18. The predicted molar refractivity (Wildman–Crippen MR) is 68.4 cm³/mol. The van der Waals surface area contributed by atoms with Crippen LogP contribution in [-0.2, 0) is 4.79 Å². The zero-order valence-electron chi connectivity index (χ0n) is 9.26. The molecule has 17 heavy (non-hydrogen) atoms. The van der Waals surface area contributed by atoms with Crippen LogP contribution in [0.5, 0.6) is 0 Å². The summed E-state index contributed by atoms with van der Waals surface area (Å²) in [7, 11) is 0. The molecule has 0 saturated heterocycles. The van der Waals surface area contributed by atoms with Crippen LogP contribution >= 0.6 is 0 Å². The smallest absolute Gasteiger partial charge is 0.253 e. The standard InChI is InChI=1S/C12H14N4O/c1-2-6-10(16-12(13)14)11(17)15-9-7-4-3-5-8-9/h3-8,10H,1H2,(H,15,17)(H4,13,14,16). The molecule has 0 fully saturated rings. The Bertz CT molecular complexity index is 457. The number of nitrogens with two attached hydrogens (primary N) is 2. The van der Waals surface area contributed by atoms with E-state index in [-0.39, 0.29) is 11.9 Å². The normalized spacial score (nSPS) is 10.8. The van der Waals surface area contributed by atoms with Crippen LogP contribution in [0.2, 0.25) is 0 Å². The lowest BCUT2D eigenvalue weighted by Crippen LogP contribution is -2.31. The van der Waals surface area contributed by atoms with E-state index in [9.17, 15) is 4.79 Å². The van der Waals surface area contributed by atoms with Gasteiger partial charge in [-0.05, 0) is 18.2 Å². The highest BCUT2D eigenvalue weighted by atomic mass is 16.2. The van der Waals surface area contributed by atoms with E-state index in [1.807, 2.05) is 18.2 Å². The van der Waals surface area contributed by atoms with Gasteiger partial charge in [0.1, 0.15) is 0 Å². The Labute approximate surface area is 99.5 Å². The first-order valence-electron chi connectivity index (χ1n) is 4.94. The number of benzene rings is 1. The van der Waals surface area contributed by atoms with Crippen LogP contribution in [0.1, 0.15) is 0 Å². The molecule has 0 radical (unpaired) electrons. The van der Waals surface area contributed by atoms with Crippen molar-refractivity contribution < 1.29 is 4.79 Å². The maximum absolute atomic E-state index is 11.8.